The van der Waals surface area contributed by atoms with Crippen LogP contribution in [0.15, 0.2) is 48.5 Å². The minimum atomic E-state index is -0.938. The topological polar surface area (TPSA) is 126 Å². The summed E-state index contributed by atoms with van der Waals surface area (Å²) in [5, 5.41) is 16.3. The summed E-state index contributed by atoms with van der Waals surface area (Å²) < 4.78 is 5.61. The molecule has 182 valence electrons. The smallest absolute Gasteiger partial charge is 0.207 e. The van der Waals surface area contributed by atoms with Gasteiger partial charge in [0.2, 0.25) is 6.41 Å². The number of amides is 1. The van der Waals surface area contributed by atoms with Gasteiger partial charge < -0.3 is 36.8 Å². The predicted octanol–water partition coefficient (Wildman–Crippen LogP) is 2.73. The molecule has 0 spiro atoms. The number of nitrogens with one attached hydrogen (secondary N) is 2. The summed E-state index contributed by atoms with van der Waals surface area (Å²) in [7, 11) is 0. The summed E-state index contributed by atoms with van der Waals surface area (Å²) in [4.78, 5) is 11.9. The van der Waals surface area contributed by atoms with Crippen molar-refractivity contribution in [2.24, 2.45) is 0 Å². The Morgan fingerprint density at radius 3 is 2.58 bits per heavy atom. The fourth-order valence-electron chi connectivity index (χ4n) is 3.72. The van der Waals surface area contributed by atoms with Gasteiger partial charge in [-0.05, 0) is 56.6 Å². The van der Waals surface area contributed by atoms with Crippen molar-refractivity contribution in [3.8, 4) is 5.75 Å². The van der Waals surface area contributed by atoms with Crippen LogP contribution in [0.4, 0.5) is 17.1 Å². The van der Waals surface area contributed by atoms with Crippen LogP contribution in [0.3, 0.4) is 0 Å². The van der Waals surface area contributed by atoms with Crippen LogP contribution in [0.1, 0.15) is 39.0 Å². The number of rotatable bonds is 11. The number of para-hydroxylation sites is 2. The third-order valence-corrected chi connectivity index (χ3v) is 5.58. The molecule has 33 heavy (non-hydrogen) atoms. The molecule has 0 aliphatic carbocycles. The van der Waals surface area contributed by atoms with Crippen LogP contribution in [-0.2, 0) is 4.79 Å². The molecule has 0 radical (unpaired) electrons. The van der Waals surface area contributed by atoms with E-state index in [1.807, 2.05) is 18.2 Å². The summed E-state index contributed by atoms with van der Waals surface area (Å²) in [5.74, 6) is 0.422. The highest BCUT2D eigenvalue weighted by molar-refractivity contribution is 5.70. The number of carbonyl (C=O) groups excluding carboxylic acids is 1. The third-order valence-electron chi connectivity index (χ3n) is 5.58. The molecule has 1 aliphatic heterocycles. The van der Waals surface area contributed by atoms with E-state index in [0.717, 1.165) is 51.7 Å². The Labute approximate surface area is 197 Å². The predicted molar refractivity (Wildman–Crippen MR) is 135 cm³/mol. The summed E-state index contributed by atoms with van der Waals surface area (Å²) >= 11 is 0. The van der Waals surface area contributed by atoms with Gasteiger partial charge in [-0.15, -0.1) is 0 Å². The number of anilines is 3. The van der Waals surface area contributed by atoms with Crippen molar-refractivity contribution in [2.75, 3.05) is 42.5 Å². The second-order valence-electron chi connectivity index (χ2n) is 8.06. The minimum absolute atomic E-state index is 0.366. The number of aliphatic hydroxyl groups is 1. The Balaban J connectivity index is 0.000000479. The Kier molecular flexibility index (Phi) is 11.9. The van der Waals surface area contributed by atoms with Crippen molar-refractivity contribution in [1.29, 1.82) is 0 Å². The standard InChI is InChI=1S/C20H28N4O2.C5H11NO/c21-17-7-4-8-18(20(17)22)26-19(25)11-14-24(15-5-2-1-3-6-15)16-9-12-23-13-10-16;1-2-3-4-6-5-7/h1-8,16,19,23,25H,9-14,21-22H2;5H,2-4H2,1H3,(H,6,7). The number of hydrogen-bond donors (Lipinski definition) is 5. The molecular weight excluding hydrogens is 418 g/mol. The van der Waals surface area contributed by atoms with E-state index in [1.165, 1.54) is 5.69 Å². The molecule has 7 N–H and O–H groups in total. The maximum Gasteiger partial charge on any atom is 0.207 e. The van der Waals surface area contributed by atoms with Gasteiger partial charge in [0.25, 0.3) is 0 Å². The molecule has 1 unspecified atom stereocenters. The number of benzene rings is 2. The number of ether oxygens (including phenoxy) is 1. The molecule has 0 saturated carbocycles. The maximum atomic E-state index is 10.4. The monoisotopic (exact) mass is 457 g/mol. The van der Waals surface area contributed by atoms with Gasteiger partial charge in [0, 0.05) is 31.2 Å². The first-order valence-corrected chi connectivity index (χ1v) is 11.7. The van der Waals surface area contributed by atoms with Crippen LogP contribution in [0.2, 0.25) is 0 Å². The Hall–Kier alpha value is -2.97. The van der Waals surface area contributed by atoms with Gasteiger partial charge in [-0.3, -0.25) is 4.79 Å². The van der Waals surface area contributed by atoms with Crippen LogP contribution in [0.25, 0.3) is 0 Å². The van der Waals surface area contributed by atoms with E-state index in [4.69, 9.17) is 16.2 Å². The number of nitrogen functional groups attached to an aromatic ring is 2. The normalized spacial score (nSPS) is 14.5. The van der Waals surface area contributed by atoms with Gasteiger partial charge in [-0.1, -0.05) is 37.6 Å². The molecule has 0 aromatic heterocycles. The first-order chi connectivity index (χ1) is 16.1. The highest BCUT2D eigenvalue weighted by atomic mass is 16.6. The summed E-state index contributed by atoms with van der Waals surface area (Å²) in [6, 6.07) is 16.0. The zero-order valence-electron chi connectivity index (χ0n) is 19.6. The van der Waals surface area contributed by atoms with Gasteiger partial charge in [0.05, 0.1) is 11.4 Å². The van der Waals surface area contributed by atoms with Gasteiger partial charge >= 0.3 is 0 Å². The van der Waals surface area contributed by atoms with Crippen molar-refractivity contribution < 1.29 is 14.6 Å². The highest BCUT2D eigenvalue weighted by Crippen LogP contribution is 2.28. The average Bonchev–Trinajstić information content (AvgIpc) is 2.84. The number of hydrogen-bond acceptors (Lipinski definition) is 7. The minimum Gasteiger partial charge on any atom is -0.463 e. The van der Waals surface area contributed by atoms with Crippen molar-refractivity contribution in [2.45, 2.75) is 51.4 Å². The van der Waals surface area contributed by atoms with Gasteiger partial charge in [0.15, 0.2) is 6.29 Å². The largest absolute Gasteiger partial charge is 0.463 e. The number of unbranched alkanes of at least 4 members (excludes halogenated alkanes) is 1. The maximum absolute atomic E-state index is 10.4. The number of nitrogens with two attached hydrogens (primary N) is 2. The fourth-order valence-corrected chi connectivity index (χ4v) is 3.72. The SMILES string of the molecule is CCCCNC=O.Nc1cccc(OC(O)CCN(c2ccccc2)C2CCNCC2)c1N. The highest BCUT2D eigenvalue weighted by Gasteiger charge is 2.22. The molecule has 3 rings (SSSR count). The number of nitrogens with zero attached hydrogens (tertiary/aromatic N) is 1. The summed E-state index contributed by atoms with van der Waals surface area (Å²) in [6.45, 7) is 5.66. The lowest BCUT2D eigenvalue weighted by Crippen LogP contribution is -2.44. The van der Waals surface area contributed by atoms with Gasteiger partial charge in [-0.25, -0.2) is 0 Å². The quantitative estimate of drug-likeness (QED) is 0.152. The molecule has 1 saturated heterocycles. The van der Waals surface area contributed by atoms with Gasteiger partial charge in [0.1, 0.15) is 5.75 Å². The van der Waals surface area contributed by atoms with Crippen molar-refractivity contribution in [1.82, 2.24) is 10.6 Å². The molecule has 2 aromatic carbocycles. The molecule has 8 nitrogen and oxygen atoms in total. The Morgan fingerprint density at radius 1 is 1.18 bits per heavy atom. The molecule has 1 fully saturated rings. The lowest BCUT2D eigenvalue weighted by molar-refractivity contribution is -0.109. The van der Waals surface area contributed by atoms with E-state index in [0.29, 0.717) is 36.1 Å². The summed E-state index contributed by atoms with van der Waals surface area (Å²) in [6.07, 6.45) is 4.68. The first kappa shape index (κ1) is 26.3. The van der Waals surface area contributed by atoms with Crippen molar-refractivity contribution in [3.63, 3.8) is 0 Å². The second-order valence-corrected chi connectivity index (χ2v) is 8.06. The Bertz CT molecular complexity index is 800. The van der Waals surface area contributed by atoms with E-state index >= 15 is 0 Å². The molecule has 2 aromatic rings. The number of carbonyl (C=O) groups is 1. The molecule has 1 aliphatic rings. The van der Waals surface area contributed by atoms with Crippen LogP contribution in [0, 0.1) is 0 Å². The molecular formula is C25H39N5O3. The number of aliphatic hydroxyl groups excluding tert-OH is 1. The van der Waals surface area contributed by atoms with Crippen LogP contribution < -0.4 is 31.7 Å². The molecule has 1 atom stereocenters. The Morgan fingerprint density at radius 2 is 1.91 bits per heavy atom. The van der Waals surface area contributed by atoms with E-state index in [-0.39, 0.29) is 0 Å². The average molecular weight is 458 g/mol. The molecule has 1 amide bonds. The van der Waals surface area contributed by atoms with Crippen molar-refractivity contribution >= 4 is 23.5 Å². The van der Waals surface area contributed by atoms with E-state index < -0.39 is 6.29 Å². The van der Waals surface area contributed by atoms with Crippen molar-refractivity contribution in [3.05, 3.63) is 48.5 Å². The van der Waals surface area contributed by atoms with E-state index in [9.17, 15) is 9.90 Å². The first-order valence-electron chi connectivity index (χ1n) is 11.7. The lowest BCUT2D eigenvalue weighted by atomic mass is 10.0. The zero-order chi connectivity index (χ0) is 23.9. The van der Waals surface area contributed by atoms with E-state index in [1.54, 1.807) is 18.2 Å². The second kappa shape index (κ2) is 15.0. The zero-order valence-corrected chi connectivity index (χ0v) is 19.6. The summed E-state index contributed by atoms with van der Waals surface area (Å²) in [5.41, 5.74) is 13.7. The molecule has 1 heterocycles. The van der Waals surface area contributed by atoms with Crippen LogP contribution in [-0.4, -0.2) is 50.0 Å². The fraction of sp³-hybridized carbons (Fsp3) is 0.480. The molecule has 0 bridgehead atoms. The lowest BCUT2D eigenvalue weighted by Gasteiger charge is -2.37. The van der Waals surface area contributed by atoms with E-state index in [2.05, 4.69) is 34.6 Å². The molecule has 8 heteroatoms. The third kappa shape index (κ3) is 9.19. The van der Waals surface area contributed by atoms with Crippen LogP contribution >= 0.6 is 0 Å². The number of piperidine rings is 1. The van der Waals surface area contributed by atoms with Crippen LogP contribution in [0.5, 0.6) is 5.75 Å². The van der Waals surface area contributed by atoms with Gasteiger partial charge in [-0.2, -0.15) is 0 Å².